The molecule has 2 aliphatic rings. The van der Waals surface area contributed by atoms with Gasteiger partial charge in [-0.2, -0.15) is 0 Å². The quantitative estimate of drug-likeness (QED) is 0.672. The lowest BCUT2D eigenvalue weighted by atomic mass is 9.98. The van der Waals surface area contributed by atoms with Gasteiger partial charge in [-0.25, -0.2) is 0 Å². The fraction of sp³-hybridized carbons (Fsp3) is 0.533. The van der Waals surface area contributed by atoms with Crippen molar-refractivity contribution >= 4 is 11.6 Å². The number of hydrogen-bond acceptors (Lipinski definition) is 5. The third kappa shape index (κ3) is 2.41. The van der Waals surface area contributed by atoms with Crippen LogP contribution in [0.1, 0.15) is 23.2 Å². The molecule has 0 radical (unpaired) electrons. The molecule has 1 aromatic rings. The maximum atomic E-state index is 12.6. The number of nitrogens with two attached hydrogens (primary N) is 1. The van der Waals surface area contributed by atoms with Crippen molar-refractivity contribution in [2.75, 3.05) is 20.2 Å². The van der Waals surface area contributed by atoms with Crippen LogP contribution >= 0.6 is 0 Å². The molecule has 1 saturated heterocycles. The molecule has 1 saturated carbocycles. The van der Waals surface area contributed by atoms with Crippen molar-refractivity contribution in [3.05, 3.63) is 33.9 Å². The van der Waals surface area contributed by atoms with Crippen LogP contribution in [0.4, 0.5) is 5.69 Å². The first-order valence-corrected chi connectivity index (χ1v) is 7.38. The molecule has 0 aromatic heterocycles. The van der Waals surface area contributed by atoms with Gasteiger partial charge in [0, 0.05) is 36.8 Å². The Hall–Kier alpha value is -2.15. The number of fused-ring (bicyclic) bond motifs is 1. The van der Waals surface area contributed by atoms with E-state index in [0.717, 1.165) is 19.4 Å². The number of amides is 1. The van der Waals surface area contributed by atoms with Crippen molar-refractivity contribution < 1.29 is 14.5 Å². The third-order valence-corrected chi connectivity index (χ3v) is 4.82. The number of carbonyl (C=O) groups excluding carboxylic acids is 1. The van der Waals surface area contributed by atoms with Gasteiger partial charge in [-0.1, -0.05) is 0 Å². The number of hydrogen-bond donors (Lipinski definition) is 1. The summed E-state index contributed by atoms with van der Waals surface area (Å²) in [4.78, 5) is 24.8. The van der Waals surface area contributed by atoms with Crippen LogP contribution in [-0.4, -0.2) is 42.0 Å². The monoisotopic (exact) mass is 305 g/mol. The summed E-state index contributed by atoms with van der Waals surface area (Å²) in [6, 6.07) is 4.41. The van der Waals surface area contributed by atoms with Crippen LogP contribution in [-0.2, 0) is 0 Å². The van der Waals surface area contributed by atoms with Crippen molar-refractivity contribution in [2.24, 2.45) is 17.6 Å². The Morgan fingerprint density at radius 3 is 2.82 bits per heavy atom. The molecular weight excluding hydrogens is 286 g/mol. The highest BCUT2D eigenvalue weighted by molar-refractivity contribution is 5.95. The van der Waals surface area contributed by atoms with Gasteiger partial charge in [-0.15, -0.1) is 0 Å². The largest absolute Gasteiger partial charge is 0.490 e. The second-order valence-corrected chi connectivity index (χ2v) is 6.02. The van der Waals surface area contributed by atoms with E-state index in [4.69, 9.17) is 10.5 Å². The molecule has 1 aromatic carbocycles. The first kappa shape index (κ1) is 14.8. The summed E-state index contributed by atoms with van der Waals surface area (Å²) in [6.07, 6.45) is 2.10. The van der Waals surface area contributed by atoms with E-state index < -0.39 is 4.92 Å². The zero-order valence-corrected chi connectivity index (χ0v) is 12.4. The molecule has 0 spiro atoms. The van der Waals surface area contributed by atoms with E-state index in [-0.39, 0.29) is 23.4 Å². The Kier molecular flexibility index (Phi) is 3.74. The summed E-state index contributed by atoms with van der Waals surface area (Å²) in [5.41, 5.74) is 6.36. The van der Waals surface area contributed by atoms with Crippen LogP contribution in [0.15, 0.2) is 18.2 Å². The van der Waals surface area contributed by atoms with Crippen molar-refractivity contribution in [3.63, 3.8) is 0 Å². The molecular formula is C15H19N3O4. The first-order valence-electron chi connectivity index (χ1n) is 7.38. The number of carbonyl (C=O) groups is 1. The fourth-order valence-corrected chi connectivity index (χ4v) is 3.62. The Labute approximate surface area is 128 Å². The lowest BCUT2D eigenvalue weighted by Crippen LogP contribution is -2.33. The van der Waals surface area contributed by atoms with Crippen LogP contribution in [0.2, 0.25) is 0 Å². The Bertz CT molecular complexity index is 619. The summed E-state index contributed by atoms with van der Waals surface area (Å²) in [5, 5.41) is 10.9. The second-order valence-electron chi connectivity index (χ2n) is 6.02. The van der Waals surface area contributed by atoms with Crippen molar-refractivity contribution in [1.29, 1.82) is 0 Å². The SMILES string of the molecule is COc1cc(C(=O)N2CC3CCC(N)C3C2)ccc1[N+](=O)[O-]. The van der Waals surface area contributed by atoms with Gasteiger partial charge in [0.2, 0.25) is 0 Å². The predicted molar refractivity (Wildman–Crippen MR) is 79.7 cm³/mol. The highest BCUT2D eigenvalue weighted by Gasteiger charge is 2.42. The van der Waals surface area contributed by atoms with E-state index in [1.165, 1.54) is 25.3 Å². The van der Waals surface area contributed by atoms with Crippen LogP contribution in [0.3, 0.4) is 0 Å². The molecule has 3 atom stereocenters. The molecule has 1 aliphatic carbocycles. The summed E-state index contributed by atoms with van der Waals surface area (Å²) in [6.45, 7) is 1.39. The van der Waals surface area contributed by atoms with Crippen LogP contribution < -0.4 is 10.5 Å². The number of nitro benzene ring substituents is 1. The van der Waals surface area contributed by atoms with Gasteiger partial charge in [0.05, 0.1) is 12.0 Å². The summed E-state index contributed by atoms with van der Waals surface area (Å²) < 4.78 is 5.02. The molecule has 1 heterocycles. The summed E-state index contributed by atoms with van der Waals surface area (Å²) in [7, 11) is 1.36. The maximum absolute atomic E-state index is 12.6. The number of ether oxygens (including phenoxy) is 1. The fourth-order valence-electron chi connectivity index (χ4n) is 3.62. The van der Waals surface area contributed by atoms with Gasteiger partial charge in [-0.05, 0) is 30.7 Å². The van der Waals surface area contributed by atoms with E-state index in [0.29, 0.717) is 23.9 Å². The summed E-state index contributed by atoms with van der Waals surface area (Å²) >= 11 is 0. The summed E-state index contributed by atoms with van der Waals surface area (Å²) in [5.74, 6) is 0.851. The highest BCUT2D eigenvalue weighted by atomic mass is 16.6. The van der Waals surface area contributed by atoms with E-state index in [2.05, 4.69) is 0 Å². The van der Waals surface area contributed by atoms with Gasteiger partial charge in [-0.3, -0.25) is 14.9 Å². The first-order chi connectivity index (χ1) is 10.5. The minimum absolute atomic E-state index is 0.104. The molecule has 3 rings (SSSR count). The molecule has 1 amide bonds. The standard InChI is InChI=1S/C15H19N3O4/c1-22-14-6-9(3-5-13(14)18(20)21)15(19)17-7-10-2-4-12(16)11(10)8-17/h3,5-6,10-12H,2,4,7-8,16H2,1H3. The molecule has 1 aliphatic heterocycles. The molecule has 3 unspecified atom stereocenters. The van der Waals surface area contributed by atoms with Crippen LogP contribution in [0.5, 0.6) is 5.75 Å². The average Bonchev–Trinajstić information content (AvgIpc) is 3.08. The number of likely N-dealkylation sites (tertiary alicyclic amines) is 1. The number of rotatable bonds is 3. The van der Waals surface area contributed by atoms with E-state index in [1.54, 1.807) is 4.90 Å². The highest BCUT2D eigenvalue weighted by Crippen LogP contribution is 2.38. The maximum Gasteiger partial charge on any atom is 0.310 e. The molecule has 7 heteroatoms. The molecule has 7 nitrogen and oxygen atoms in total. The Morgan fingerprint density at radius 2 is 2.18 bits per heavy atom. The molecule has 22 heavy (non-hydrogen) atoms. The van der Waals surface area contributed by atoms with Crippen molar-refractivity contribution in [1.82, 2.24) is 4.90 Å². The number of nitrogens with zero attached hydrogens (tertiary/aromatic N) is 2. The third-order valence-electron chi connectivity index (χ3n) is 4.82. The zero-order chi connectivity index (χ0) is 15.9. The lowest BCUT2D eigenvalue weighted by Gasteiger charge is -2.19. The smallest absolute Gasteiger partial charge is 0.310 e. The van der Waals surface area contributed by atoms with Gasteiger partial charge in [0.25, 0.3) is 5.91 Å². The van der Waals surface area contributed by atoms with Crippen LogP contribution in [0.25, 0.3) is 0 Å². The topological polar surface area (TPSA) is 98.7 Å². The van der Waals surface area contributed by atoms with Crippen LogP contribution in [0, 0.1) is 22.0 Å². The lowest BCUT2D eigenvalue weighted by molar-refractivity contribution is -0.385. The average molecular weight is 305 g/mol. The van der Waals surface area contributed by atoms with Gasteiger partial charge in [0.15, 0.2) is 5.75 Å². The van der Waals surface area contributed by atoms with Gasteiger partial charge < -0.3 is 15.4 Å². The predicted octanol–water partition coefficient (Wildman–Crippen LogP) is 1.41. The number of methoxy groups -OCH3 is 1. The van der Waals surface area contributed by atoms with Gasteiger partial charge in [0.1, 0.15) is 0 Å². The van der Waals surface area contributed by atoms with Gasteiger partial charge >= 0.3 is 5.69 Å². The Morgan fingerprint density at radius 1 is 1.41 bits per heavy atom. The van der Waals surface area contributed by atoms with E-state index in [9.17, 15) is 14.9 Å². The number of benzene rings is 1. The van der Waals surface area contributed by atoms with Crippen molar-refractivity contribution in [2.45, 2.75) is 18.9 Å². The second kappa shape index (κ2) is 5.57. The molecule has 2 fully saturated rings. The molecule has 2 N–H and O–H groups in total. The van der Waals surface area contributed by atoms with E-state index in [1.807, 2.05) is 0 Å². The van der Waals surface area contributed by atoms with Crippen molar-refractivity contribution in [3.8, 4) is 5.75 Å². The molecule has 0 bridgehead atoms. The van der Waals surface area contributed by atoms with E-state index >= 15 is 0 Å². The molecule has 118 valence electrons. The normalized spacial score (nSPS) is 26.8. The minimum atomic E-state index is -0.521. The minimum Gasteiger partial charge on any atom is -0.490 e. The number of nitro groups is 1. The Balaban J connectivity index is 1.80. The zero-order valence-electron chi connectivity index (χ0n) is 12.4.